The number of hydrogen-bond acceptors (Lipinski definition) is 3. The number of halogens is 1. The molecule has 152 valence electrons. The molecule has 0 spiro atoms. The first-order chi connectivity index (χ1) is 14.7. The normalized spacial score (nSPS) is 16.1. The van der Waals surface area contributed by atoms with Gasteiger partial charge < -0.3 is 5.32 Å². The summed E-state index contributed by atoms with van der Waals surface area (Å²) >= 11 is 0. The van der Waals surface area contributed by atoms with Crippen LogP contribution >= 0.6 is 0 Å². The van der Waals surface area contributed by atoms with Crippen LogP contribution in [0.1, 0.15) is 27.8 Å². The molecule has 0 fully saturated rings. The summed E-state index contributed by atoms with van der Waals surface area (Å²) in [6.45, 7) is 3.51. The molecule has 0 saturated carbocycles. The van der Waals surface area contributed by atoms with Crippen LogP contribution in [0.2, 0.25) is 0 Å². The van der Waals surface area contributed by atoms with Gasteiger partial charge in [-0.3, -0.25) is 4.90 Å². The predicted molar refractivity (Wildman–Crippen MR) is 117 cm³/mol. The standard InChI is InChI=1S/C26H26FN3/c27-25-10-8-20(9-11-25)15-26-16-23-6-1-2-7-24(23)19-30(26)13-12-29-18-22-5-3-4-21(14-22)17-28/h1-11,14,26,29H,12-13,15-16,18-19H2. The van der Waals surface area contributed by atoms with Crippen molar-refractivity contribution in [3.8, 4) is 6.07 Å². The minimum absolute atomic E-state index is 0.186. The third-order valence-electron chi connectivity index (χ3n) is 5.81. The highest BCUT2D eigenvalue weighted by Crippen LogP contribution is 2.25. The topological polar surface area (TPSA) is 39.1 Å². The molecule has 0 saturated heterocycles. The average Bonchev–Trinajstić information content (AvgIpc) is 2.78. The van der Waals surface area contributed by atoms with Crippen LogP contribution < -0.4 is 5.32 Å². The minimum atomic E-state index is -0.186. The molecule has 1 aliphatic rings. The van der Waals surface area contributed by atoms with E-state index in [9.17, 15) is 4.39 Å². The monoisotopic (exact) mass is 399 g/mol. The van der Waals surface area contributed by atoms with E-state index in [2.05, 4.69) is 40.6 Å². The third kappa shape index (κ3) is 5.13. The molecule has 0 radical (unpaired) electrons. The Balaban J connectivity index is 1.39. The van der Waals surface area contributed by atoms with Crippen LogP contribution in [-0.4, -0.2) is 24.0 Å². The quantitative estimate of drug-likeness (QED) is 0.597. The number of benzene rings is 3. The van der Waals surface area contributed by atoms with Crippen molar-refractivity contribution in [2.45, 2.75) is 32.0 Å². The molecule has 4 heteroatoms. The lowest BCUT2D eigenvalue weighted by Crippen LogP contribution is -2.44. The van der Waals surface area contributed by atoms with Gasteiger partial charge in [-0.1, -0.05) is 48.5 Å². The molecule has 1 aliphatic heterocycles. The van der Waals surface area contributed by atoms with Gasteiger partial charge in [-0.05, 0) is 59.4 Å². The van der Waals surface area contributed by atoms with Crippen LogP contribution in [0, 0.1) is 17.1 Å². The van der Waals surface area contributed by atoms with Crippen molar-refractivity contribution < 1.29 is 4.39 Å². The number of hydrogen-bond donors (Lipinski definition) is 1. The SMILES string of the molecule is N#Cc1cccc(CNCCN2Cc3ccccc3CC2Cc2ccc(F)cc2)c1. The van der Waals surface area contributed by atoms with Gasteiger partial charge >= 0.3 is 0 Å². The number of nitriles is 1. The van der Waals surface area contributed by atoms with E-state index in [1.807, 2.05) is 36.4 Å². The number of fused-ring (bicyclic) bond motifs is 1. The van der Waals surface area contributed by atoms with Crippen molar-refractivity contribution in [2.75, 3.05) is 13.1 Å². The summed E-state index contributed by atoms with van der Waals surface area (Å²) in [5, 5.41) is 12.6. The molecule has 0 aromatic heterocycles. The summed E-state index contributed by atoms with van der Waals surface area (Å²) in [6, 6.07) is 25.9. The first kappa shape index (κ1) is 20.3. The largest absolute Gasteiger partial charge is 0.311 e. The van der Waals surface area contributed by atoms with Crippen molar-refractivity contribution in [1.29, 1.82) is 5.26 Å². The predicted octanol–water partition coefficient (Wildman–Crippen LogP) is 4.46. The molecule has 1 N–H and O–H groups in total. The van der Waals surface area contributed by atoms with Crippen molar-refractivity contribution in [2.24, 2.45) is 0 Å². The maximum absolute atomic E-state index is 13.3. The molecule has 3 aromatic carbocycles. The van der Waals surface area contributed by atoms with Gasteiger partial charge in [0.15, 0.2) is 0 Å². The molecule has 1 atom stereocenters. The van der Waals surface area contributed by atoms with Gasteiger partial charge in [0.05, 0.1) is 11.6 Å². The minimum Gasteiger partial charge on any atom is -0.311 e. The van der Waals surface area contributed by atoms with Gasteiger partial charge in [0.25, 0.3) is 0 Å². The summed E-state index contributed by atoms with van der Waals surface area (Å²) < 4.78 is 13.3. The third-order valence-corrected chi connectivity index (χ3v) is 5.81. The van der Waals surface area contributed by atoms with E-state index in [0.29, 0.717) is 11.6 Å². The van der Waals surface area contributed by atoms with Crippen LogP contribution in [0.15, 0.2) is 72.8 Å². The highest BCUT2D eigenvalue weighted by molar-refractivity contribution is 5.33. The number of rotatable bonds is 7. The van der Waals surface area contributed by atoms with Crippen molar-refractivity contribution in [1.82, 2.24) is 10.2 Å². The fourth-order valence-corrected chi connectivity index (χ4v) is 4.20. The van der Waals surface area contributed by atoms with Gasteiger partial charge in [-0.15, -0.1) is 0 Å². The zero-order chi connectivity index (χ0) is 20.8. The Morgan fingerprint density at radius 1 is 0.967 bits per heavy atom. The van der Waals surface area contributed by atoms with E-state index >= 15 is 0 Å². The molecule has 0 aliphatic carbocycles. The molecular weight excluding hydrogens is 373 g/mol. The summed E-state index contributed by atoms with van der Waals surface area (Å²) in [6.07, 6.45) is 1.93. The van der Waals surface area contributed by atoms with E-state index < -0.39 is 0 Å². The lowest BCUT2D eigenvalue weighted by atomic mass is 9.90. The highest BCUT2D eigenvalue weighted by Gasteiger charge is 2.25. The highest BCUT2D eigenvalue weighted by atomic mass is 19.1. The van der Waals surface area contributed by atoms with Crippen LogP contribution in [0.3, 0.4) is 0 Å². The van der Waals surface area contributed by atoms with E-state index in [-0.39, 0.29) is 5.82 Å². The molecule has 1 unspecified atom stereocenters. The van der Waals surface area contributed by atoms with Gasteiger partial charge in [0.2, 0.25) is 0 Å². The number of nitrogens with one attached hydrogen (secondary N) is 1. The van der Waals surface area contributed by atoms with E-state index in [1.54, 1.807) is 12.1 Å². The lowest BCUT2D eigenvalue weighted by Gasteiger charge is -2.37. The fourth-order valence-electron chi connectivity index (χ4n) is 4.20. The molecule has 1 heterocycles. The Morgan fingerprint density at radius 2 is 1.77 bits per heavy atom. The maximum Gasteiger partial charge on any atom is 0.123 e. The van der Waals surface area contributed by atoms with Gasteiger partial charge in [0, 0.05) is 32.2 Å². The molecule has 0 bridgehead atoms. The molecule has 3 aromatic rings. The summed E-state index contributed by atoms with van der Waals surface area (Å²) in [5.74, 6) is -0.186. The molecule has 3 nitrogen and oxygen atoms in total. The second kappa shape index (κ2) is 9.67. The first-order valence-corrected chi connectivity index (χ1v) is 10.5. The first-order valence-electron chi connectivity index (χ1n) is 10.5. The van der Waals surface area contributed by atoms with E-state index in [4.69, 9.17) is 5.26 Å². The zero-order valence-corrected chi connectivity index (χ0v) is 17.0. The van der Waals surface area contributed by atoms with Crippen LogP contribution in [0.4, 0.5) is 4.39 Å². The Kier molecular flexibility index (Phi) is 6.53. The molecular formula is C26H26FN3. The van der Waals surface area contributed by atoms with Gasteiger partial charge in [0.1, 0.15) is 5.82 Å². The average molecular weight is 400 g/mol. The van der Waals surface area contributed by atoms with E-state index in [0.717, 1.165) is 44.6 Å². The zero-order valence-electron chi connectivity index (χ0n) is 17.0. The second-order valence-electron chi connectivity index (χ2n) is 7.92. The Hall–Kier alpha value is -3.00. The molecule has 4 rings (SSSR count). The molecule has 0 amide bonds. The van der Waals surface area contributed by atoms with Crippen LogP contribution in [0.5, 0.6) is 0 Å². The van der Waals surface area contributed by atoms with Gasteiger partial charge in [-0.2, -0.15) is 5.26 Å². The van der Waals surface area contributed by atoms with E-state index in [1.165, 1.54) is 16.7 Å². The number of nitrogens with zero attached hydrogens (tertiary/aromatic N) is 2. The van der Waals surface area contributed by atoms with Gasteiger partial charge in [-0.25, -0.2) is 4.39 Å². The van der Waals surface area contributed by atoms with Crippen molar-refractivity contribution >= 4 is 0 Å². The summed E-state index contributed by atoms with van der Waals surface area (Å²) in [4.78, 5) is 2.53. The summed E-state index contributed by atoms with van der Waals surface area (Å²) in [7, 11) is 0. The maximum atomic E-state index is 13.3. The Labute approximate surface area is 177 Å². The Morgan fingerprint density at radius 3 is 2.57 bits per heavy atom. The van der Waals surface area contributed by atoms with Crippen LogP contribution in [0.25, 0.3) is 0 Å². The fraction of sp³-hybridized carbons (Fsp3) is 0.269. The lowest BCUT2D eigenvalue weighted by molar-refractivity contribution is 0.170. The molecule has 30 heavy (non-hydrogen) atoms. The van der Waals surface area contributed by atoms with Crippen molar-refractivity contribution in [3.05, 3.63) is 106 Å². The summed E-state index contributed by atoms with van der Waals surface area (Å²) in [5.41, 5.74) is 5.81. The van der Waals surface area contributed by atoms with Crippen LogP contribution in [-0.2, 0) is 25.9 Å². The smallest absolute Gasteiger partial charge is 0.123 e. The van der Waals surface area contributed by atoms with Crippen molar-refractivity contribution in [3.63, 3.8) is 0 Å². The Bertz CT molecular complexity index is 1020. The second-order valence-corrected chi connectivity index (χ2v) is 7.92.